The third kappa shape index (κ3) is 4.85. The van der Waals surface area contributed by atoms with Crippen LogP contribution < -0.4 is 15.6 Å². The normalized spacial score (nSPS) is 10.6. The number of nitrogens with one attached hydrogen (secondary N) is 1. The molecule has 0 saturated carbocycles. The third-order valence-corrected chi connectivity index (χ3v) is 5.94. The maximum absolute atomic E-state index is 13.3. The van der Waals surface area contributed by atoms with Crippen molar-refractivity contribution >= 4 is 45.9 Å². The Morgan fingerprint density at radius 3 is 2.67 bits per heavy atom. The Balaban J connectivity index is 1.67. The summed E-state index contributed by atoms with van der Waals surface area (Å²) in [5, 5.41) is 13.1. The number of methoxy groups -OCH3 is 1. The molecule has 0 fully saturated rings. The van der Waals surface area contributed by atoms with Crippen LogP contribution in [0.25, 0.3) is 16.6 Å². The molecule has 1 heterocycles. The molecule has 0 aliphatic heterocycles. The summed E-state index contributed by atoms with van der Waals surface area (Å²) in [4.78, 5) is 30.6. The lowest BCUT2D eigenvalue weighted by Gasteiger charge is -2.14. The first-order chi connectivity index (χ1) is 16.0. The van der Waals surface area contributed by atoms with E-state index in [4.69, 9.17) is 21.6 Å². The molecule has 0 saturated heterocycles. The van der Waals surface area contributed by atoms with Gasteiger partial charge in [0.15, 0.2) is 5.16 Å². The fourth-order valence-corrected chi connectivity index (χ4v) is 4.20. The Labute approximate surface area is 198 Å². The van der Waals surface area contributed by atoms with Crippen molar-refractivity contribution < 1.29 is 9.53 Å². The number of thioether (sulfide) groups is 1. The zero-order valence-corrected chi connectivity index (χ0v) is 19.0. The minimum atomic E-state index is -0.311. The van der Waals surface area contributed by atoms with Crippen LogP contribution in [-0.4, -0.2) is 28.3 Å². The van der Waals surface area contributed by atoms with Gasteiger partial charge in [-0.25, -0.2) is 4.98 Å². The van der Waals surface area contributed by atoms with Gasteiger partial charge in [0.25, 0.3) is 5.56 Å². The summed E-state index contributed by atoms with van der Waals surface area (Å²) in [6.45, 7) is 0. The van der Waals surface area contributed by atoms with Gasteiger partial charge in [-0.2, -0.15) is 5.26 Å². The molecule has 0 aliphatic rings. The van der Waals surface area contributed by atoms with Gasteiger partial charge >= 0.3 is 0 Å². The molecule has 0 unspecified atom stereocenters. The summed E-state index contributed by atoms with van der Waals surface area (Å²) in [5.74, 6) is 0.168. The molecule has 33 heavy (non-hydrogen) atoms. The van der Waals surface area contributed by atoms with E-state index in [0.717, 1.165) is 11.8 Å². The average Bonchev–Trinajstić information content (AvgIpc) is 2.83. The summed E-state index contributed by atoms with van der Waals surface area (Å²) in [6, 6.07) is 20.6. The lowest BCUT2D eigenvalue weighted by atomic mass is 10.2. The van der Waals surface area contributed by atoms with E-state index in [1.165, 1.54) is 11.7 Å². The van der Waals surface area contributed by atoms with Gasteiger partial charge in [-0.3, -0.25) is 14.2 Å². The number of aromatic nitrogens is 2. The molecule has 0 radical (unpaired) electrons. The van der Waals surface area contributed by atoms with E-state index >= 15 is 0 Å². The van der Waals surface area contributed by atoms with Crippen LogP contribution in [0.15, 0.2) is 76.7 Å². The second-order valence-electron chi connectivity index (χ2n) is 6.89. The highest BCUT2D eigenvalue weighted by atomic mass is 35.5. The van der Waals surface area contributed by atoms with Crippen molar-refractivity contribution in [1.29, 1.82) is 5.26 Å². The molecule has 4 aromatic rings. The molecule has 1 N–H and O–H groups in total. The third-order valence-electron chi connectivity index (χ3n) is 4.77. The zero-order chi connectivity index (χ0) is 23.4. The summed E-state index contributed by atoms with van der Waals surface area (Å²) < 4.78 is 6.71. The van der Waals surface area contributed by atoms with Gasteiger partial charge in [-0.1, -0.05) is 35.5 Å². The Bertz CT molecular complexity index is 1450. The number of nitrogens with zero attached hydrogens (tertiary/aromatic N) is 3. The van der Waals surface area contributed by atoms with Gasteiger partial charge in [0.05, 0.1) is 46.8 Å². The van der Waals surface area contributed by atoms with Crippen LogP contribution in [0.4, 0.5) is 5.69 Å². The van der Waals surface area contributed by atoms with Crippen LogP contribution in [0.1, 0.15) is 5.56 Å². The number of carbonyl (C=O) groups excluding carboxylic acids is 1. The maximum atomic E-state index is 13.3. The van der Waals surface area contributed by atoms with E-state index in [-0.39, 0.29) is 17.2 Å². The number of hydrogen-bond donors (Lipinski definition) is 1. The highest BCUT2D eigenvalue weighted by Gasteiger charge is 2.16. The molecule has 0 bridgehead atoms. The number of rotatable bonds is 6. The molecular formula is C24H17ClN4O3S. The molecular weight excluding hydrogens is 460 g/mol. The van der Waals surface area contributed by atoms with Crippen molar-refractivity contribution in [3.05, 3.63) is 87.7 Å². The van der Waals surface area contributed by atoms with Crippen LogP contribution in [0.5, 0.6) is 5.75 Å². The van der Waals surface area contributed by atoms with Crippen LogP contribution >= 0.6 is 23.4 Å². The monoisotopic (exact) mass is 476 g/mol. The molecule has 0 atom stereocenters. The fourth-order valence-electron chi connectivity index (χ4n) is 3.22. The maximum Gasteiger partial charge on any atom is 0.266 e. The molecule has 0 aliphatic carbocycles. The van der Waals surface area contributed by atoms with Gasteiger partial charge in [-0.15, -0.1) is 0 Å². The predicted molar refractivity (Wildman–Crippen MR) is 129 cm³/mol. The summed E-state index contributed by atoms with van der Waals surface area (Å²) in [7, 11) is 1.50. The summed E-state index contributed by atoms with van der Waals surface area (Å²) in [5.41, 5.74) is 1.75. The van der Waals surface area contributed by atoms with Crippen LogP contribution in [-0.2, 0) is 4.79 Å². The van der Waals surface area contributed by atoms with Crippen LogP contribution in [0.3, 0.4) is 0 Å². The standard InChI is InChI=1S/C24H17ClN4O3S/c1-32-21-11-8-16(25)12-20(21)27-22(30)14-33-24-28-19-5-3-2-4-18(19)23(31)29(24)17-9-6-15(13-26)7-10-17/h2-12H,14H2,1H3,(H,27,30). The smallest absolute Gasteiger partial charge is 0.266 e. The van der Waals surface area contributed by atoms with Crippen molar-refractivity contribution in [3.63, 3.8) is 0 Å². The topological polar surface area (TPSA) is 97.0 Å². The van der Waals surface area contributed by atoms with Crippen LogP contribution in [0, 0.1) is 11.3 Å². The first-order valence-electron chi connectivity index (χ1n) is 9.78. The quantitative estimate of drug-likeness (QED) is 0.321. The first kappa shape index (κ1) is 22.4. The average molecular weight is 477 g/mol. The van der Waals surface area contributed by atoms with E-state index in [2.05, 4.69) is 16.4 Å². The number of halogens is 1. The SMILES string of the molecule is COc1ccc(Cl)cc1NC(=O)CSc1nc2ccccc2c(=O)n1-c1ccc(C#N)cc1. The second-order valence-corrected chi connectivity index (χ2v) is 8.27. The molecule has 4 rings (SSSR count). The van der Waals surface area contributed by atoms with Gasteiger partial charge in [0.2, 0.25) is 5.91 Å². The van der Waals surface area contributed by atoms with Crippen molar-refractivity contribution in [1.82, 2.24) is 9.55 Å². The molecule has 164 valence electrons. The van der Waals surface area contributed by atoms with Crippen molar-refractivity contribution in [2.45, 2.75) is 5.16 Å². The van der Waals surface area contributed by atoms with Gasteiger partial charge in [-0.05, 0) is 54.6 Å². The zero-order valence-electron chi connectivity index (χ0n) is 17.4. The number of benzene rings is 3. The Kier molecular flexibility index (Phi) is 6.63. The Morgan fingerprint density at radius 2 is 1.94 bits per heavy atom. The van der Waals surface area contributed by atoms with E-state index < -0.39 is 0 Å². The Morgan fingerprint density at radius 1 is 1.18 bits per heavy atom. The van der Waals surface area contributed by atoms with Crippen molar-refractivity contribution in [3.8, 4) is 17.5 Å². The molecule has 3 aromatic carbocycles. The molecule has 1 amide bonds. The van der Waals surface area contributed by atoms with Gasteiger partial charge in [0, 0.05) is 5.02 Å². The molecule has 9 heteroatoms. The lowest BCUT2D eigenvalue weighted by Crippen LogP contribution is -2.23. The number of amides is 1. The van der Waals surface area contributed by atoms with Crippen LogP contribution in [0.2, 0.25) is 5.02 Å². The van der Waals surface area contributed by atoms with E-state index in [1.807, 2.05) is 0 Å². The number of carbonyl (C=O) groups is 1. The van der Waals surface area contributed by atoms with Gasteiger partial charge < -0.3 is 10.1 Å². The second kappa shape index (κ2) is 9.77. The molecule has 1 aromatic heterocycles. The predicted octanol–water partition coefficient (Wildman–Crippen LogP) is 4.65. The Hall–Kier alpha value is -3.80. The summed E-state index contributed by atoms with van der Waals surface area (Å²) in [6.07, 6.45) is 0. The molecule has 0 spiro atoms. The highest BCUT2D eigenvalue weighted by Crippen LogP contribution is 2.28. The first-order valence-corrected chi connectivity index (χ1v) is 11.1. The summed E-state index contributed by atoms with van der Waals surface area (Å²) >= 11 is 7.16. The lowest BCUT2D eigenvalue weighted by molar-refractivity contribution is -0.113. The van der Waals surface area contributed by atoms with Crippen molar-refractivity contribution in [2.75, 3.05) is 18.2 Å². The number of anilines is 1. The largest absolute Gasteiger partial charge is 0.495 e. The van der Waals surface area contributed by atoms with E-state index in [1.54, 1.807) is 66.7 Å². The van der Waals surface area contributed by atoms with Gasteiger partial charge in [0.1, 0.15) is 5.75 Å². The van der Waals surface area contributed by atoms with E-state index in [0.29, 0.717) is 43.8 Å². The minimum absolute atomic E-state index is 0.00325. The number of fused-ring (bicyclic) bond motifs is 1. The number of nitriles is 1. The van der Waals surface area contributed by atoms with Crippen molar-refractivity contribution in [2.24, 2.45) is 0 Å². The minimum Gasteiger partial charge on any atom is -0.495 e. The fraction of sp³-hybridized carbons (Fsp3) is 0.0833. The highest BCUT2D eigenvalue weighted by molar-refractivity contribution is 7.99. The number of ether oxygens (including phenoxy) is 1. The van der Waals surface area contributed by atoms with E-state index in [9.17, 15) is 9.59 Å². The number of hydrogen-bond acceptors (Lipinski definition) is 6. The molecule has 7 nitrogen and oxygen atoms in total. The number of para-hydroxylation sites is 1.